The minimum absolute atomic E-state index is 0.0312. The highest BCUT2D eigenvalue weighted by atomic mass is 35.5. The van der Waals surface area contributed by atoms with Crippen molar-refractivity contribution in [3.05, 3.63) is 58.4 Å². The first kappa shape index (κ1) is 15.6. The van der Waals surface area contributed by atoms with E-state index in [2.05, 4.69) is 0 Å². The van der Waals surface area contributed by atoms with Gasteiger partial charge in [0.1, 0.15) is 12.4 Å². The lowest BCUT2D eigenvalue weighted by Crippen LogP contribution is -2.07. The van der Waals surface area contributed by atoms with Crippen molar-refractivity contribution < 1.29 is 13.9 Å². The van der Waals surface area contributed by atoms with Gasteiger partial charge in [-0.05, 0) is 36.7 Å². The van der Waals surface area contributed by atoms with E-state index < -0.39 is 5.82 Å². The fourth-order valence-electron chi connectivity index (χ4n) is 2.05. The predicted octanol–water partition coefficient (Wildman–Crippen LogP) is 3.57. The lowest BCUT2D eigenvalue weighted by molar-refractivity contribution is 0.277. The number of benzene rings is 2. The zero-order valence-electron chi connectivity index (χ0n) is 11.7. The van der Waals surface area contributed by atoms with Crippen molar-refractivity contribution in [1.82, 2.24) is 0 Å². The van der Waals surface area contributed by atoms with Gasteiger partial charge in [0.15, 0.2) is 11.5 Å². The van der Waals surface area contributed by atoms with Crippen molar-refractivity contribution in [2.75, 3.05) is 13.7 Å². The summed E-state index contributed by atoms with van der Waals surface area (Å²) < 4.78 is 24.8. The molecule has 0 heterocycles. The number of methoxy groups -OCH3 is 1. The molecule has 0 aliphatic heterocycles. The first-order valence-corrected chi connectivity index (χ1v) is 6.96. The van der Waals surface area contributed by atoms with E-state index >= 15 is 0 Å². The molecule has 2 aromatic carbocycles. The molecule has 0 amide bonds. The summed E-state index contributed by atoms with van der Waals surface area (Å²) in [7, 11) is 1.56. The fraction of sp³-hybridized carbons (Fsp3) is 0.250. The van der Waals surface area contributed by atoms with Crippen LogP contribution in [0.25, 0.3) is 0 Å². The Morgan fingerprint density at radius 3 is 2.62 bits per heavy atom. The SMILES string of the molecule is COc1cccc(CCN)c1OCc1c(F)cccc1Cl. The third kappa shape index (κ3) is 3.65. The molecule has 2 rings (SSSR count). The van der Waals surface area contributed by atoms with Crippen LogP contribution in [0, 0.1) is 5.82 Å². The Morgan fingerprint density at radius 1 is 1.19 bits per heavy atom. The number of nitrogens with two attached hydrogens (primary N) is 1. The molecule has 2 N–H and O–H groups in total. The average molecular weight is 310 g/mol. The molecule has 0 saturated carbocycles. The minimum atomic E-state index is -0.391. The van der Waals surface area contributed by atoms with Gasteiger partial charge >= 0.3 is 0 Å². The summed E-state index contributed by atoms with van der Waals surface area (Å²) in [6.07, 6.45) is 0.650. The van der Waals surface area contributed by atoms with Crippen LogP contribution in [0.1, 0.15) is 11.1 Å². The van der Waals surface area contributed by atoms with E-state index in [1.807, 2.05) is 12.1 Å². The van der Waals surface area contributed by atoms with Crippen molar-refractivity contribution >= 4 is 11.6 Å². The monoisotopic (exact) mass is 309 g/mol. The number of halogens is 2. The molecule has 0 bridgehead atoms. The van der Waals surface area contributed by atoms with Crippen molar-refractivity contribution in [3.63, 3.8) is 0 Å². The first-order valence-electron chi connectivity index (χ1n) is 6.59. The van der Waals surface area contributed by atoms with Crippen LogP contribution < -0.4 is 15.2 Å². The highest BCUT2D eigenvalue weighted by molar-refractivity contribution is 6.31. The number of para-hydroxylation sites is 1. The molecule has 3 nitrogen and oxygen atoms in total. The van der Waals surface area contributed by atoms with Gasteiger partial charge in [-0.1, -0.05) is 29.8 Å². The van der Waals surface area contributed by atoms with Gasteiger partial charge < -0.3 is 15.2 Å². The van der Waals surface area contributed by atoms with Crippen molar-refractivity contribution in [1.29, 1.82) is 0 Å². The molecule has 5 heteroatoms. The van der Waals surface area contributed by atoms with Crippen LogP contribution >= 0.6 is 11.6 Å². The van der Waals surface area contributed by atoms with Gasteiger partial charge in [0.2, 0.25) is 0 Å². The van der Waals surface area contributed by atoms with Crippen LogP contribution in [0.2, 0.25) is 5.02 Å². The highest BCUT2D eigenvalue weighted by Gasteiger charge is 2.13. The Labute approximate surface area is 128 Å². The number of hydrogen-bond acceptors (Lipinski definition) is 3. The Kier molecular flexibility index (Phi) is 5.42. The molecule has 21 heavy (non-hydrogen) atoms. The molecular weight excluding hydrogens is 293 g/mol. The van der Waals surface area contributed by atoms with Crippen LogP contribution in [0.4, 0.5) is 4.39 Å². The van der Waals surface area contributed by atoms with Crippen molar-refractivity contribution in [2.45, 2.75) is 13.0 Å². The first-order chi connectivity index (χ1) is 10.2. The van der Waals surface area contributed by atoms with Gasteiger partial charge in [-0.2, -0.15) is 0 Å². The standard InChI is InChI=1S/C16H17ClFNO2/c1-20-15-7-2-4-11(8-9-19)16(15)21-10-12-13(17)5-3-6-14(12)18/h2-7H,8-10,19H2,1H3. The molecule has 0 atom stereocenters. The van der Waals surface area contributed by atoms with E-state index in [0.717, 1.165) is 5.56 Å². The zero-order valence-corrected chi connectivity index (χ0v) is 12.5. The number of hydrogen-bond donors (Lipinski definition) is 1. The largest absolute Gasteiger partial charge is 0.493 e. The van der Waals surface area contributed by atoms with E-state index in [1.54, 1.807) is 25.3 Å². The van der Waals surface area contributed by atoms with Crippen molar-refractivity contribution in [2.24, 2.45) is 5.73 Å². The third-order valence-corrected chi connectivity index (χ3v) is 3.47. The van der Waals surface area contributed by atoms with Crippen LogP contribution in [-0.2, 0) is 13.0 Å². The second-order valence-corrected chi connectivity index (χ2v) is 4.88. The Bertz CT molecular complexity index is 599. The lowest BCUT2D eigenvalue weighted by atomic mass is 10.1. The Hall–Kier alpha value is -1.78. The summed E-state index contributed by atoms with van der Waals surface area (Å²) in [5.41, 5.74) is 6.84. The summed E-state index contributed by atoms with van der Waals surface area (Å²) in [5, 5.41) is 0.338. The van der Waals surface area contributed by atoms with Crippen LogP contribution in [0.3, 0.4) is 0 Å². The molecule has 0 radical (unpaired) electrons. The Morgan fingerprint density at radius 2 is 1.95 bits per heavy atom. The maximum Gasteiger partial charge on any atom is 0.164 e. The molecule has 2 aromatic rings. The molecule has 112 valence electrons. The fourth-order valence-corrected chi connectivity index (χ4v) is 2.27. The molecule has 0 saturated heterocycles. The summed E-state index contributed by atoms with van der Waals surface area (Å²) in [4.78, 5) is 0. The predicted molar refractivity (Wildman–Crippen MR) is 81.5 cm³/mol. The van der Waals surface area contributed by atoms with Gasteiger partial charge in [0, 0.05) is 5.56 Å². The quantitative estimate of drug-likeness (QED) is 0.887. The average Bonchev–Trinajstić information content (AvgIpc) is 2.48. The van der Waals surface area contributed by atoms with E-state index in [0.29, 0.717) is 35.1 Å². The maximum atomic E-state index is 13.8. The van der Waals surface area contributed by atoms with Gasteiger partial charge in [-0.3, -0.25) is 0 Å². The van der Waals surface area contributed by atoms with E-state index in [-0.39, 0.29) is 6.61 Å². The summed E-state index contributed by atoms with van der Waals surface area (Å²) in [6, 6.07) is 10.1. The number of rotatable bonds is 6. The number of ether oxygens (including phenoxy) is 2. The van der Waals surface area contributed by atoms with Gasteiger partial charge in [-0.25, -0.2) is 4.39 Å². The lowest BCUT2D eigenvalue weighted by Gasteiger charge is -2.15. The molecule has 0 aliphatic carbocycles. The summed E-state index contributed by atoms with van der Waals surface area (Å²) >= 11 is 6.00. The zero-order chi connectivity index (χ0) is 15.2. The molecule has 0 spiro atoms. The van der Waals surface area contributed by atoms with E-state index in [9.17, 15) is 4.39 Å². The van der Waals surface area contributed by atoms with Crippen molar-refractivity contribution in [3.8, 4) is 11.5 Å². The van der Waals surface area contributed by atoms with E-state index in [1.165, 1.54) is 6.07 Å². The molecule has 0 fully saturated rings. The Balaban J connectivity index is 2.27. The second-order valence-electron chi connectivity index (χ2n) is 4.48. The van der Waals surface area contributed by atoms with Gasteiger partial charge in [-0.15, -0.1) is 0 Å². The van der Waals surface area contributed by atoms with Crippen LogP contribution in [-0.4, -0.2) is 13.7 Å². The van der Waals surface area contributed by atoms with Crippen LogP contribution in [0.5, 0.6) is 11.5 Å². The van der Waals surface area contributed by atoms with Crippen LogP contribution in [0.15, 0.2) is 36.4 Å². The van der Waals surface area contributed by atoms with Gasteiger partial charge in [0.05, 0.1) is 12.1 Å². The summed E-state index contributed by atoms with van der Waals surface area (Å²) in [5.74, 6) is 0.774. The molecule has 0 unspecified atom stereocenters. The normalized spacial score (nSPS) is 10.5. The smallest absolute Gasteiger partial charge is 0.164 e. The van der Waals surface area contributed by atoms with Gasteiger partial charge in [0.25, 0.3) is 0 Å². The topological polar surface area (TPSA) is 44.5 Å². The maximum absolute atomic E-state index is 13.8. The third-order valence-electron chi connectivity index (χ3n) is 3.12. The molecule has 0 aromatic heterocycles. The highest BCUT2D eigenvalue weighted by Crippen LogP contribution is 2.32. The molecular formula is C16H17ClFNO2. The van der Waals surface area contributed by atoms with E-state index in [4.69, 9.17) is 26.8 Å². The second kappa shape index (κ2) is 7.29. The minimum Gasteiger partial charge on any atom is -0.493 e. The molecule has 0 aliphatic rings. The summed E-state index contributed by atoms with van der Waals surface area (Å²) in [6.45, 7) is 0.521.